The molecule has 1 aliphatic carbocycles. The highest BCUT2D eigenvalue weighted by atomic mass is 19.1. The molecule has 0 bridgehead atoms. The second-order valence-corrected chi connectivity index (χ2v) is 4.68. The highest BCUT2D eigenvalue weighted by Gasteiger charge is 2.41. The number of nitrogens with one attached hydrogen (secondary N) is 1. The fraction of sp³-hybridized carbons (Fsp3) is 0.429. The van der Waals surface area contributed by atoms with E-state index in [1.807, 2.05) is 0 Å². The first kappa shape index (κ1) is 12.6. The van der Waals surface area contributed by atoms with Gasteiger partial charge in [0.2, 0.25) is 5.91 Å². The van der Waals surface area contributed by atoms with Crippen molar-refractivity contribution in [2.24, 2.45) is 5.41 Å². The van der Waals surface area contributed by atoms with E-state index in [0.29, 0.717) is 18.4 Å². The van der Waals surface area contributed by atoms with E-state index in [1.54, 1.807) is 18.2 Å². The second kappa shape index (κ2) is 5.18. The SMILES string of the molecule is N#CC1(C(=O)NCc2ccccc2F)CCCC1. The number of benzene rings is 1. The van der Waals surface area contributed by atoms with Gasteiger partial charge in [-0.2, -0.15) is 5.26 Å². The van der Waals surface area contributed by atoms with Gasteiger partial charge in [0.25, 0.3) is 0 Å². The summed E-state index contributed by atoms with van der Waals surface area (Å²) in [7, 11) is 0. The first-order valence-corrected chi connectivity index (χ1v) is 6.11. The number of hydrogen-bond acceptors (Lipinski definition) is 2. The number of halogens is 1. The average molecular weight is 246 g/mol. The predicted molar refractivity (Wildman–Crippen MR) is 64.8 cm³/mol. The average Bonchev–Trinajstić information content (AvgIpc) is 2.87. The topological polar surface area (TPSA) is 52.9 Å². The van der Waals surface area contributed by atoms with E-state index in [4.69, 9.17) is 5.26 Å². The van der Waals surface area contributed by atoms with Crippen LogP contribution in [0.3, 0.4) is 0 Å². The molecule has 4 heteroatoms. The molecule has 0 aromatic heterocycles. The van der Waals surface area contributed by atoms with Crippen LogP contribution in [0, 0.1) is 22.6 Å². The minimum atomic E-state index is -0.898. The van der Waals surface area contributed by atoms with E-state index in [9.17, 15) is 9.18 Å². The summed E-state index contributed by atoms with van der Waals surface area (Å²) in [6.07, 6.45) is 3.01. The Morgan fingerprint density at radius 1 is 1.39 bits per heavy atom. The monoisotopic (exact) mass is 246 g/mol. The third-order valence-electron chi connectivity index (χ3n) is 3.50. The zero-order valence-electron chi connectivity index (χ0n) is 10.1. The molecule has 3 nitrogen and oxygen atoms in total. The van der Waals surface area contributed by atoms with Gasteiger partial charge in [0.05, 0.1) is 6.07 Å². The van der Waals surface area contributed by atoms with Crippen molar-refractivity contribution < 1.29 is 9.18 Å². The molecule has 0 unspecified atom stereocenters. The lowest BCUT2D eigenvalue weighted by molar-refractivity contribution is -0.128. The van der Waals surface area contributed by atoms with Crippen LogP contribution in [0.15, 0.2) is 24.3 Å². The number of hydrogen-bond donors (Lipinski definition) is 1. The van der Waals surface area contributed by atoms with E-state index in [0.717, 1.165) is 12.8 Å². The summed E-state index contributed by atoms with van der Waals surface area (Å²) in [5.74, 6) is -0.610. The second-order valence-electron chi connectivity index (χ2n) is 4.68. The third-order valence-corrected chi connectivity index (χ3v) is 3.50. The molecule has 0 saturated heterocycles. The third kappa shape index (κ3) is 2.35. The molecule has 0 radical (unpaired) electrons. The van der Waals surface area contributed by atoms with Gasteiger partial charge in [-0.05, 0) is 18.9 Å². The molecule has 1 amide bonds. The van der Waals surface area contributed by atoms with Crippen molar-refractivity contribution in [3.05, 3.63) is 35.6 Å². The van der Waals surface area contributed by atoms with E-state index in [2.05, 4.69) is 11.4 Å². The molecule has 2 rings (SSSR count). The molecule has 18 heavy (non-hydrogen) atoms. The molecule has 1 N–H and O–H groups in total. The molecular formula is C14H15FN2O. The van der Waals surface area contributed by atoms with E-state index >= 15 is 0 Å². The highest BCUT2D eigenvalue weighted by Crippen LogP contribution is 2.37. The van der Waals surface area contributed by atoms with Gasteiger partial charge in [-0.25, -0.2) is 4.39 Å². The smallest absolute Gasteiger partial charge is 0.240 e. The number of nitriles is 1. The van der Waals surface area contributed by atoms with Crippen molar-refractivity contribution in [3.63, 3.8) is 0 Å². The van der Waals surface area contributed by atoms with Crippen LogP contribution in [0.5, 0.6) is 0 Å². The molecular weight excluding hydrogens is 231 g/mol. The molecule has 1 saturated carbocycles. The summed E-state index contributed by atoms with van der Waals surface area (Å²) in [5.41, 5.74) is -0.456. The standard InChI is InChI=1S/C14H15FN2O/c15-12-6-2-1-5-11(12)9-17-13(18)14(10-16)7-3-4-8-14/h1-2,5-6H,3-4,7-9H2,(H,17,18). The lowest BCUT2D eigenvalue weighted by Gasteiger charge is -2.19. The van der Waals surface area contributed by atoms with Gasteiger partial charge in [-0.1, -0.05) is 31.0 Å². The van der Waals surface area contributed by atoms with Gasteiger partial charge in [0.15, 0.2) is 0 Å². The van der Waals surface area contributed by atoms with Crippen LogP contribution in [0.4, 0.5) is 4.39 Å². The Balaban J connectivity index is 2.01. The summed E-state index contributed by atoms with van der Waals surface area (Å²) >= 11 is 0. The van der Waals surface area contributed by atoms with Gasteiger partial charge >= 0.3 is 0 Å². The maximum absolute atomic E-state index is 13.4. The van der Waals surface area contributed by atoms with E-state index < -0.39 is 5.41 Å². The van der Waals surface area contributed by atoms with Crippen molar-refractivity contribution in [1.82, 2.24) is 5.32 Å². The number of rotatable bonds is 3. The minimum absolute atomic E-state index is 0.134. The van der Waals surface area contributed by atoms with Crippen LogP contribution in [0.1, 0.15) is 31.2 Å². The molecule has 0 spiro atoms. The van der Waals surface area contributed by atoms with Crippen LogP contribution >= 0.6 is 0 Å². The lowest BCUT2D eigenvalue weighted by atomic mass is 9.87. The summed E-state index contributed by atoms with van der Waals surface area (Å²) in [6.45, 7) is 0.134. The molecule has 1 aliphatic rings. The Morgan fingerprint density at radius 2 is 2.06 bits per heavy atom. The van der Waals surface area contributed by atoms with Crippen LogP contribution in [-0.4, -0.2) is 5.91 Å². The molecule has 0 aliphatic heterocycles. The minimum Gasteiger partial charge on any atom is -0.351 e. The summed E-state index contributed by atoms with van der Waals surface area (Å²) in [6, 6.07) is 8.44. The molecule has 0 heterocycles. The van der Waals surface area contributed by atoms with Crippen molar-refractivity contribution in [1.29, 1.82) is 5.26 Å². The number of nitrogens with zero attached hydrogens (tertiary/aromatic N) is 1. The molecule has 1 fully saturated rings. The fourth-order valence-corrected chi connectivity index (χ4v) is 2.35. The quantitative estimate of drug-likeness (QED) is 0.891. The van der Waals surface area contributed by atoms with Gasteiger partial charge in [0.1, 0.15) is 11.2 Å². The predicted octanol–water partition coefficient (Wildman–Crippen LogP) is 2.53. The van der Waals surface area contributed by atoms with Crippen LogP contribution < -0.4 is 5.32 Å². The summed E-state index contributed by atoms with van der Waals surface area (Å²) in [5, 5.41) is 11.8. The van der Waals surface area contributed by atoms with Crippen molar-refractivity contribution >= 4 is 5.91 Å². The Kier molecular flexibility index (Phi) is 3.61. The van der Waals surface area contributed by atoms with Gasteiger partial charge in [-0.3, -0.25) is 4.79 Å². The Hall–Kier alpha value is -1.89. The van der Waals surface area contributed by atoms with Gasteiger partial charge in [-0.15, -0.1) is 0 Å². The normalized spacial score (nSPS) is 17.1. The summed E-state index contributed by atoms with van der Waals surface area (Å²) in [4.78, 5) is 12.0. The fourth-order valence-electron chi connectivity index (χ4n) is 2.35. The number of carbonyl (C=O) groups is 1. The first-order chi connectivity index (χ1) is 8.68. The van der Waals surface area contributed by atoms with E-state index in [1.165, 1.54) is 6.07 Å². The Bertz CT molecular complexity index is 487. The largest absolute Gasteiger partial charge is 0.351 e. The van der Waals surface area contributed by atoms with Gasteiger partial charge < -0.3 is 5.32 Å². The van der Waals surface area contributed by atoms with Crippen LogP contribution in [0.2, 0.25) is 0 Å². The number of amides is 1. The Morgan fingerprint density at radius 3 is 2.67 bits per heavy atom. The lowest BCUT2D eigenvalue weighted by Crippen LogP contribution is -2.37. The van der Waals surface area contributed by atoms with Gasteiger partial charge in [0, 0.05) is 12.1 Å². The highest BCUT2D eigenvalue weighted by molar-refractivity contribution is 5.85. The molecule has 94 valence electrons. The molecule has 1 aromatic carbocycles. The zero-order chi connectivity index (χ0) is 13.0. The number of carbonyl (C=O) groups excluding carboxylic acids is 1. The Labute approximate surface area is 106 Å². The maximum Gasteiger partial charge on any atom is 0.240 e. The molecule has 0 atom stereocenters. The zero-order valence-corrected chi connectivity index (χ0v) is 10.1. The van der Waals surface area contributed by atoms with Crippen molar-refractivity contribution in [3.8, 4) is 6.07 Å². The van der Waals surface area contributed by atoms with Crippen molar-refractivity contribution in [2.75, 3.05) is 0 Å². The van der Waals surface area contributed by atoms with E-state index in [-0.39, 0.29) is 18.3 Å². The first-order valence-electron chi connectivity index (χ1n) is 6.11. The maximum atomic E-state index is 13.4. The van der Waals surface area contributed by atoms with Crippen LogP contribution in [-0.2, 0) is 11.3 Å². The van der Waals surface area contributed by atoms with Crippen molar-refractivity contribution in [2.45, 2.75) is 32.2 Å². The van der Waals surface area contributed by atoms with Crippen LogP contribution in [0.25, 0.3) is 0 Å². The summed E-state index contributed by atoms with van der Waals surface area (Å²) < 4.78 is 13.4. The molecule has 1 aromatic rings.